The zero-order valence-corrected chi connectivity index (χ0v) is 16.5. The van der Waals surface area contributed by atoms with Crippen LogP contribution < -0.4 is 0 Å². The molecular weight excluding hydrogens is 328 g/mol. The maximum absolute atomic E-state index is 12.3. The van der Waals surface area contributed by atoms with Crippen molar-refractivity contribution >= 4 is 11.9 Å². The Labute approximate surface area is 156 Å². The van der Waals surface area contributed by atoms with Crippen LogP contribution in [0.15, 0.2) is 0 Å². The fourth-order valence-corrected chi connectivity index (χ4v) is 9.11. The van der Waals surface area contributed by atoms with Gasteiger partial charge in [-0.2, -0.15) is 0 Å². The van der Waals surface area contributed by atoms with Crippen molar-refractivity contribution in [1.29, 1.82) is 0 Å². The number of ether oxygens (including phenoxy) is 1. The molecule has 9 atom stereocenters. The number of hydrogen-bond acceptors (Lipinski definition) is 3. The molecule has 6 rings (SSSR count). The summed E-state index contributed by atoms with van der Waals surface area (Å²) in [6, 6.07) is 0. The molecule has 1 N–H and O–H groups in total. The molecule has 0 saturated heterocycles. The molecule has 26 heavy (non-hydrogen) atoms. The maximum Gasteiger partial charge on any atom is 0.309 e. The second-order valence-electron chi connectivity index (χ2n) is 11.1. The number of carbonyl (C=O) groups excluding carboxylic acids is 1. The van der Waals surface area contributed by atoms with Crippen LogP contribution in [0.25, 0.3) is 0 Å². The van der Waals surface area contributed by atoms with Crippen molar-refractivity contribution in [2.24, 2.45) is 45.3 Å². The van der Waals surface area contributed by atoms with Crippen molar-refractivity contribution in [2.75, 3.05) is 0 Å². The smallest absolute Gasteiger partial charge is 0.309 e. The summed E-state index contributed by atoms with van der Waals surface area (Å²) < 4.78 is 5.97. The van der Waals surface area contributed by atoms with E-state index in [2.05, 4.69) is 13.8 Å². The van der Waals surface area contributed by atoms with Gasteiger partial charge in [0.15, 0.2) is 0 Å². The summed E-state index contributed by atoms with van der Waals surface area (Å²) in [7, 11) is 0. The van der Waals surface area contributed by atoms with Gasteiger partial charge in [0.2, 0.25) is 0 Å². The summed E-state index contributed by atoms with van der Waals surface area (Å²) >= 11 is 0. The monoisotopic (exact) mass is 360 g/mol. The van der Waals surface area contributed by atoms with Crippen molar-refractivity contribution in [1.82, 2.24) is 0 Å². The Morgan fingerprint density at radius 1 is 1.00 bits per heavy atom. The van der Waals surface area contributed by atoms with Crippen LogP contribution in [0, 0.1) is 45.3 Å². The van der Waals surface area contributed by atoms with Crippen molar-refractivity contribution in [2.45, 2.75) is 78.7 Å². The Balaban J connectivity index is 1.61. The van der Waals surface area contributed by atoms with E-state index in [0.29, 0.717) is 11.3 Å². The zero-order valence-electron chi connectivity index (χ0n) is 16.5. The van der Waals surface area contributed by atoms with Gasteiger partial charge in [0.1, 0.15) is 6.10 Å². The molecule has 4 heteroatoms. The highest BCUT2D eigenvalue weighted by atomic mass is 16.5. The van der Waals surface area contributed by atoms with Gasteiger partial charge in [0, 0.05) is 12.3 Å². The molecule has 0 heterocycles. The molecule has 0 unspecified atom stereocenters. The molecule has 6 saturated carbocycles. The first-order chi connectivity index (χ1) is 12.1. The van der Waals surface area contributed by atoms with E-state index in [4.69, 9.17) is 4.74 Å². The minimum atomic E-state index is -0.694. The third-order valence-electron chi connectivity index (χ3n) is 10.2. The summed E-state index contributed by atoms with van der Waals surface area (Å²) in [6.07, 6.45) is 7.14. The lowest BCUT2D eigenvalue weighted by molar-refractivity contribution is -0.228. The largest absolute Gasteiger partial charge is 0.481 e. The Morgan fingerprint density at radius 3 is 2.31 bits per heavy atom. The number of hydrogen-bond donors (Lipinski definition) is 1. The summed E-state index contributed by atoms with van der Waals surface area (Å²) in [5.74, 6) is 1.38. The van der Waals surface area contributed by atoms with Crippen molar-refractivity contribution < 1.29 is 19.4 Å². The zero-order chi connectivity index (χ0) is 18.7. The van der Waals surface area contributed by atoms with Gasteiger partial charge >= 0.3 is 11.9 Å². The van der Waals surface area contributed by atoms with Crippen molar-refractivity contribution in [3.05, 3.63) is 0 Å². The summed E-state index contributed by atoms with van der Waals surface area (Å²) in [4.78, 5) is 24.2. The molecule has 144 valence electrons. The number of carboxylic acids is 1. The molecule has 0 aromatic rings. The lowest BCUT2D eigenvalue weighted by Gasteiger charge is -2.66. The minimum absolute atomic E-state index is 0.0664. The molecule has 6 aliphatic rings. The van der Waals surface area contributed by atoms with Crippen LogP contribution in [0.1, 0.15) is 72.6 Å². The minimum Gasteiger partial charge on any atom is -0.481 e. The molecular formula is C22H32O4. The van der Waals surface area contributed by atoms with E-state index < -0.39 is 11.4 Å². The van der Waals surface area contributed by atoms with E-state index in [0.717, 1.165) is 37.5 Å². The number of fused-ring (bicyclic) bond motifs is 1. The number of aliphatic carboxylic acids is 1. The number of carbonyl (C=O) groups is 2. The Kier molecular flexibility index (Phi) is 3.07. The van der Waals surface area contributed by atoms with Crippen molar-refractivity contribution in [3.8, 4) is 0 Å². The standard InChI is InChI=1S/C22H32O4/c1-12(23)26-17-9-15-19(2,6-5-7-20(15,3)18(24)25)16-8-13-14-10-22(16,17)11-21(13,14)4/h13-17H,5-11H2,1-4H3,(H,24,25)/t13-,14+,15+,16+,17+,19-,20+,21-,22-/m1/s1. The summed E-state index contributed by atoms with van der Waals surface area (Å²) in [5, 5.41) is 10.1. The van der Waals surface area contributed by atoms with E-state index in [1.165, 1.54) is 26.2 Å². The Morgan fingerprint density at radius 2 is 1.73 bits per heavy atom. The van der Waals surface area contributed by atoms with E-state index in [9.17, 15) is 14.7 Å². The number of carboxylic acid groups (broad SMARTS) is 1. The summed E-state index contributed by atoms with van der Waals surface area (Å²) in [6.45, 7) is 8.29. The average molecular weight is 360 g/mol. The number of rotatable bonds is 2. The van der Waals surface area contributed by atoms with Gasteiger partial charge in [0.25, 0.3) is 0 Å². The van der Waals surface area contributed by atoms with Crippen LogP contribution in [0.3, 0.4) is 0 Å². The molecule has 0 aliphatic heterocycles. The van der Waals surface area contributed by atoms with Gasteiger partial charge in [-0.05, 0) is 80.0 Å². The first-order valence-electron chi connectivity index (χ1n) is 10.5. The van der Waals surface area contributed by atoms with E-state index in [1.54, 1.807) is 0 Å². The van der Waals surface area contributed by atoms with Gasteiger partial charge in [-0.25, -0.2) is 0 Å². The molecule has 0 radical (unpaired) electrons. The third kappa shape index (κ3) is 1.73. The lowest BCUT2D eigenvalue weighted by atomic mass is 9.38. The van der Waals surface area contributed by atoms with Crippen LogP contribution in [0.2, 0.25) is 0 Å². The molecule has 4 nitrogen and oxygen atoms in total. The fourth-order valence-electron chi connectivity index (χ4n) is 9.11. The van der Waals surface area contributed by atoms with Crippen LogP contribution in [-0.2, 0) is 14.3 Å². The van der Waals surface area contributed by atoms with Crippen LogP contribution in [0.4, 0.5) is 0 Å². The molecule has 6 aliphatic carbocycles. The van der Waals surface area contributed by atoms with Gasteiger partial charge in [-0.1, -0.05) is 20.3 Å². The van der Waals surface area contributed by atoms with E-state index >= 15 is 0 Å². The topological polar surface area (TPSA) is 63.6 Å². The quantitative estimate of drug-likeness (QED) is 0.747. The second-order valence-corrected chi connectivity index (χ2v) is 11.1. The predicted octanol–water partition coefficient (Wildman–Crippen LogP) is 4.27. The van der Waals surface area contributed by atoms with Gasteiger partial charge < -0.3 is 9.84 Å². The highest BCUT2D eigenvalue weighted by Crippen LogP contribution is 2.85. The van der Waals surface area contributed by atoms with Crippen molar-refractivity contribution in [3.63, 3.8) is 0 Å². The van der Waals surface area contributed by atoms with Crippen LogP contribution in [-0.4, -0.2) is 23.1 Å². The maximum atomic E-state index is 12.3. The first-order valence-corrected chi connectivity index (χ1v) is 10.5. The molecule has 6 fully saturated rings. The van der Waals surface area contributed by atoms with Gasteiger partial charge in [0.05, 0.1) is 5.41 Å². The average Bonchev–Trinajstić information content (AvgIpc) is 2.99. The first kappa shape index (κ1) is 17.1. The Hall–Kier alpha value is -1.06. The van der Waals surface area contributed by atoms with Crippen LogP contribution in [0.5, 0.6) is 0 Å². The SMILES string of the molecule is CC(=O)O[C@H]1C[C@H]2[C@@](C)(CCC[C@]2(C)C(=O)O)[C@@H]2C[C@@H]3[C@@H]4C[C@]12C[C@]34C. The Bertz CT molecular complexity index is 702. The van der Waals surface area contributed by atoms with Gasteiger partial charge in [-0.3, -0.25) is 9.59 Å². The van der Waals surface area contributed by atoms with E-state index in [-0.39, 0.29) is 28.8 Å². The lowest BCUT2D eigenvalue weighted by Crippen LogP contribution is -2.64. The highest BCUT2D eigenvalue weighted by molar-refractivity contribution is 5.75. The van der Waals surface area contributed by atoms with Crippen LogP contribution >= 0.6 is 0 Å². The molecule has 0 amide bonds. The number of esters is 1. The molecule has 0 aromatic carbocycles. The van der Waals surface area contributed by atoms with Gasteiger partial charge in [-0.15, -0.1) is 0 Å². The molecule has 4 bridgehead atoms. The molecule has 1 spiro atoms. The second kappa shape index (κ2) is 4.67. The fraction of sp³-hybridized carbons (Fsp3) is 0.909. The molecule has 0 aromatic heterocycles. The normalized spacial score (nSPS) is 59.2. The summed E-state index contributed by atoms with van der Waals surface area (Å²) in [5.41, 5.74) is -0.0674. The predicted molar refractivity (Wildman–Crippen MR) is 96.2 cm³/mol. The third-order valence-corrected chi connectivity index (χ3v) is 10.2. The highest BCUT2D eigenvalue weighted by Gasteiger charge is 2.81. The van der Waals surface area contributed by atoms with E-state index in [1.807, 2.05) is 6.92 Å².